The number of hydrogen-bond donors (Lipinski definition) is 0. The van der Waals surface area contributed by atoms with Crippen molar-refractivity contribution in [3.8, 4) is 0 Å². The molecule has 0 bridgehead atoms. The maximum atomic E-state index is 13.8. The number of halogens is 2. The number of hydrogen-bond acceptors (Lipinski definition) is 3. The van der Waals surface area contributed by atoms with E-state index in [0.717, 1.165) is 24.6 Å². The van der Waals surface area contributed by atoms with Crippen LogP contribution in [0.4, 0.5) is 4.39 Å². The Morgan fingerprint density at radius 1 is 1.40 bits per heavy atom. The number of amides is 1. The van der Waals surface area contributed by atoms with Crippen molar-refractivity contribution in [1.82, 2.24) is 4.90 Å². The summed E-state index contributed by atoms with van der Waals surface area (Å²) in [7, 11) is 1.22. The predicted octanol–water partition coefficient (Wildman–Crippen LogP) is 3.01. The van der Waals surface area contributed by atoms with Crippen LogP contribution in [0.3, 0.4) is 0 Å². The molecule has 0 aliphatic heterocycles. The van der Waals surface area contributed by atoms with Gasteiger partial charge in [-0.25, -0.2) is 12.8 Å². The molecule has 0 fully saturated rings. The molecule has 0 saturated heterocycles. The summed E-state index contributed by atoms with van der Waals surface area (Å²) in [6.45, 7) is 5.99. The third-order valence-corrected chi connectivity index (χ3v) is 4.15. The van der Waals surface area contributed by atoms with Crippen LogP contribution in [0.15, 0.2) is 23.1 Å². The van der Waals surface area contributed by atoms with Gasteiger partial charge in [-0.1, -0.05) is 6.92 Å². The molecule has 0 atom stereocenters. The molecular weight excluding hydrogens is 305 g/mol. The number of nitrogens with zero attached hydrogens (tertiary/aromatic N) is 1. The molecule has 7 heteroatoms. The van der Waals surface area contributed by atoms with Gasteiger partial charge in [0.2, 0.25) is 0 Å². The van der Waals surface area contributed by atoms with Crippen LogP contribution in [0.1, 0.15) is 37.6 Å². The summed E-state index contributed by atoms with van der Waals surface area (Å²) in [5, 5.41) is 0. The fraction of sp³-hybridized carbons (Fsp3) is 0.462. The lowest BCUT2D eigenvalue weighted by Crippen LogP contribution is -2.38. The van der Waals surface area contributed by atoms with Gasteiger partial charge in [0.05, 0.1) is 10.5 Å². The molecule has 112 valence electrons. The quantitative estimate of drug-likeness (QED) is 0.783. The average molecular weight is 322 g/mol. The van der Waals surface area contributed by atoms with Crippen LogP contribution in [0.2, 0.25) is 0 Å². The third-order valence-electron chi connectivity index (χ3n) is 2.80. The maximum Gasteiger partial charge on any atom is 0.261 e. The summed E-state index contributed by atoms with van der Waals surface area (Å²) < 4.78 is 36.3. The first-order valence-electron chi connectivity index (χ1n) is 6.23. The van der Waals surface area contributed by atoms with E-state index in [1.165, 1.54) is 4.90 Å². The second kappa shape index (κ2) is 6.54. The lowest BCUT2D eigenvalue weighted by Gasteiger charge is -2.26. The van der Waals surface area contributed by atoms with E-state index >= 15 is 0 Å². The molecule has 0 heterocycles. The Bertz CT molecular complexity index is 602. The zero-order chi connectivity index (χ0) is 15.5. The summed E-state index contributed by atoms with van der Waals surface area (Å²) in [5.74, 6) is -1.30. The van der Waals surface area contributed by atoms with E-state index < -0.39 is 20.8 Å². The molecule has 1 amide bonds. The van der Waals surface area contributed by atoms with Gasteiger partial charge >= 0.3 is 0 Å². The van der Waals surface area contributed by atoms with Gasteiger partial charge in [0, 0.05) is 23.3 Å². The monoisotopic (exact) mass is 321 g/mol. The SMILES string of the molecule is CCCN(C(=O)c1cc(S(=O)(=O)Cl)ccc1F)C(C)C. The number of rotatable bonds is 5. The molecule has 0 aliphatic carbocycles. The summed E-state index contributed by atoms with van der Waals surface area (Å²) in [6.07, 6.45) is 0.721. The standard InChI is InChI=1S/C13H17ClFNO3S/c1-4-7-16(9(2)3)13(17)11-8-10(20(14,18)19)5-6-12(11)15/h5-6,8-9H,4,7H2,1-3H3. The maximum absolute atomic E-state index is 13.8. The zero-order valence-corrected chi connectivity index (χ0v) is 13.1. The first kappa shape index (κ1) is 16.9. The molecule has 1 aromatic rings. The Labute approximate surface area is 123 Å². The molecule has 0 saturated carbocycles. The van der Waals surface area contributed by atoms with Crippen molar-refractivity contribution < 1.29 is 17.6 Å². The minimum Gasteiger partial charge on any atom is -0.336 e. The number of carbonyl (C=O) groups excluding carboxylic acids is 1. The molecule has 0 aromatic heterocycles. The Kier molecular flexibility index (Phi) is 5.53. The van der Waals surface area contributed by atoms with Gasteiger partial charge in [0.25, 0.3) is 15.0 Å². The minimum atomic E-state index is -4.00. The highest BCUT2D eigenvalue weighted by Gasteiger charge is 2.23. The van der Waals surface area contributed by atoms with Crippen LogP contribution in [-0.2, 0) is 9.05 Å². The van der Waals surface area contributed by atoms with E-state index in [1.807, 2.05) is 20.8 Å². The van der Waals surface area contributed by atoms with Crippen molar-refractivity contribution in [3.63, 3.8) is 0 Å². The largest absolute Gasteiger partial charge is 0.336 e. The molecule has 0 spiro atoms. The van der Waals surface area contributed by atoms with Crippen molar-refractivity contribution in [1.29, 1.82) is 0 Å². The average Bonchev–Trinajstić information content (AvgIpc) is 2.34. The summed E-state index contributed by atoms with van der Waals surface area (Å²) >= 11 is 0. The van der Waals surface area contributed by atoms with Crippen molar-refractivity contribution >= 4 is 25.6 Å². The fourth-order valence-electron chi connectivity index (χ4n) is 1.81. The highest BCUT2D eigenvalue weighted by molar-refractivity contribution is 8.13. The smallest absolute Gasteiger partial charge is 0.261 e. The molecule has 4 nitrogen and oxygen atoms in total. The highest BCUT2D eigenvalue weighted by atomic mass is 35.7. The molecule has 0 N–H and O–H groups in total. The van der Waals surface area contributed by atoms with Gasteiger partial charge in [-0.3, -0.25) is 4.79 Å². The van der Waals surface area contributed by atoms with E-state index in [1.54, 1.807) is 0 Å². The van der Waals surface area contributed by atoms with Crippen LogP contribution in [0.5, 0.6) is 0 Å². The van der Waals surface area contributed by atoms with Crippen LogP contribution < -0.4 is 0 Å². The zero-order valence-electron chi connectivity index (χ0n) is 11.6. The van der Waals surface area contributed by atoms with Crippen LogP contribution in [0, 0.1) is 5.82 Å². The Morgan fingerprint density at radius 2 is 2.00 bits per heavy atom. The van der Waals surface area contributed by atoms with Gasteiger partial charge in [-0.2, -0.15) is 0 Å². The van der Waals surface area contributed by atoms with Crippen molar-refractivity contribution in [3.05, 3.63) is 29.6 Å². The first-order chi connectivity index (χ1) is 9.18. The van der Waals surface area contributed by atoms with Gasteiger partial charge in [-0.15, -0.1) is 0 Å². The van der Waals surface area contributed by atoms with Gasteiger partial charge in [0.1, 0.15) is 5.82 Å². The predicted molar refractivity (Wildman–Crippen MR) is 75.9 cm³/mol. The topological polar surface area (TPSA) is 54.5 Å². The summed E-state index contributed by atoms with van der Waals surface area (Å²) in [5.41, 5.74) is -0.283. The van der Waals surface area contributed by atoms with E-state index in [4.69, 9.17) is 10.7 Å². The molecule has 20 heavy (non-hydrogen) atoms. The molecule has 0 radical (unpaired) electrons. The molecule has 0 aliphatic rings. The van der Waals surface area contributed by atoms with Crippen molar-refractivity contribution in [2.24, 2.45) is 0 Å². The second-order valence-corrected chi connectivity index (χ2v) is 7.24. The highest BCUT2D eigenvalue weighted by Crippen LogP contribution is 2.20. The normalized spacial score (nSPS) is 11.7. The van der Waals surface area contributed by atoms with Gasteiger partial charge in [0.15, 0.2) is 0 Å². The lowest BCUT2D eigenvalue weighted by atomic mass is 10.1. The van der Waals surface area contributed by atoms with Crippen LogP contribution in [0.25, 0.3) is 0 Å². The lowest BCUT2D eigenvalue weighted by molar-refractivity contribution is 0.0701. The Balaban J connectivity index is 3.27. The van der Waals surface area contributed by atoms with Crippen LogP contribution in [-0.4, -0.2) is 31.8 Å². The van der Waals surface area contributed by atoms with E-state index in [2.05, 4.69) is 0 Å². The first-order valence-corrected chi connectivity index (χ1v) is 8.54. The Morgan fingerprint density at radius 3 is 2.45 bits per heavy atom. The Hall–Kier alpha value is -1.14. The minimum absolute atomic E-state index is 0.113. The number of benzene rings is 1. The van der Waals surface area contributed by atoms with E-state index in [9.17, 15) is 17.6 Å². The molecule has 1 aromatic carbocycles. The fourth-order valence-corrected chi connectivity index (χ4v) is 2.59. The molecular formula is C13H17ClFNO3S. The second-order valence-electron chi connectivity index (χ2n) is 4.67. The van der Waals surface area contributed by atoms with Crippen molar-refractivity contribution in [2.45, 2.75) is 38.1 Å². The summed E-state index contributed by atoms with van der Waals surface area (Å²) in [4.78, 5) is 13.5. The van der Waals surface area contributed by atoms with Gasteiger partial charge < -0.3 is 4.90 Å². The third kappa shape index (κ3) is 3.93. The van der Waals surface area contributed by atoms with Crippen molar-refractivity contribution in [2.75, 3.05) is 6.54 Å². The summed E-state index contributed by atoms with van der Waals surface area (Å²) in [6, 6.07) is 2.84. The van der Waals surface area contributed by atoms with E-state index in [0.29, 0.717) is 6.54 Å². The number of carbonyl (C=O) groups is 1. The van der Waals surface area contributed by atoms with Gasteiger partial charge in [-0.05, 0) is 38.5 Å². The van der Waals surface area contributed by atoms with E-state index in [-0.39, 0.29) is 16.5 Å². The van der Waals surface area contributed by atoms with Crippen LogP contribution >= 0.6 is 10.7 Å². The molecule has 1 rings (SSSR count). The molecule has 0 unspecified atom stereocenters.